The van der Waals surface area contributed by atoms with E-state index in [1.54, 1.807) is 18.2 Å². The topological polar surface area (TPSA) is 122 Å². The Hall–Kier alpha value is -3.46. The van der Waals surface area contributed by atoms with Gasteiger partial charge in [0, 0.05) is 30.8 Å². The predicted molar refractivity (Wildman–Crippen MR) is 101 cm³/mol. The molecule has 2 aromatic rings. The Morgan fingerprint density at radius 2 is 1.79 bits per heavy atom. The van der Waals surface area contributed by atoms with Crippen molar-refractivity contribution < 1.29 is 19.3 Å². The molecule has 1 saturated heterocycles. The molecule has 2 aromatic carbocycles. The number of nitrogens with one attached hydrogen (secondary N) is 2. The summed E-state index contributed by atoms with van der Waals surface area (Å²) in [6, 6.07) is 11.9. The van der Waals surface area contributed by atoms with E-state index in [0.29, 0.717) is 5.69 Å². The van der Waals surface area contributed by atoms with Gasteiger partial charge in [0.15, 0.2) is 0 Å². The van der Waals surface area contributed by atoms with Gasteiger partial charge in [0.25, 0.3) is 11.6 Å². The van der Waals surface area contributed by atoms with Crippen LogP contribution in [0.1, 0.15) is 16.8 Å². The van der Waals surface area contributed by atoms with Crippen LogP contribution in [-0.4, -0.2) is 29.2 Å². The zero-order valence-corrected chi connectivity index (χ0v) is 15.2. The number of nitro benzene ring substituents is 1. The number of anilines is 1. The van der Waals surface area contributed by atoms with Crippen LogP contribution in [0.5, 0.6) is 0 Å². The number of non-ortho nitro benzene ring substituents is 1. The second kappa shape index (κ2) is 8.05. The van der Waals surface area contributed by atoms with Crippen molar-refractivity contribution in [3.63, 3.8) is 0 Å². The number of rotatable bonds is 4. The van der Waals surface area contributed by atoms with Crippen LogP contribution in [-0.2, 0) is 9.59 Å². The van der Waals surface area contributed by atoms with E-state index < -0.39 is 22.7 Å². The summed E-state index contributed by atoms with van der Waals surface area (Å²) in [5, 5.41) is 11.0. The summed E-state index contributed by atoms with van der Waals surface area (Å²) in [5.74, 6) is -2.05. The number of nitrogens with zero attached hydrogens (tertiary/aromatic N) is 2. The minimum Gasteiger partial charge on any atom is -0.312 e. The maximum absolute atomic E-state index is 12.3. The summed E-state index contributed by atoms with van der Waals surface area (Å²) < 4.78 is 0. The molecule has 0 aromatic heterocycles. The molecule has 0 aliphatic carbocycles. The zero-order valence-electron chi connectivity index (χ0n) is 14.4. The maximum atomic E-state index is 12.3. The van der Waals surface area contributed by atoms with Crippen LogP contribution < -0.4 is 15.8 Å². The van der Waals surface area contributed by atoms with Gasteiger partial charge >= 0.3 is 0 Å². The molecule has 1 aliphatic rings. The van der Waals surface area contributed by atoms with Gasteiger partial charge in [0.1, 0.15) is 0 Å². The third-order valence-electron chi connectivity index (χ3n) is 4.29. The fourth-order valence-electron chi connectivity index (χ4n) is 2.82. The van der Waals surface area contributed by atoms with Crippen LogP contribution in [0.4, 0.5) is 11.4 Å². The summed E-state index contributed by atoms with van der Waals surface area (Å²) >= 11 is 5.93. The molecular formula is C18H15ClN4O5. The number of hydrogen-bond donors (Lipinski definition) is 2. The Labute approximate surface area is 164 Å². The SMILES string of the molecule is O=C(NNC(=O)[C@H]1CC(=O)N(c2ccc([N+](=O)[O-])cc2)C1)c1ccccc1Cl. The van der Waals surface area contributed by atoms with E-state index in [9.17, 15) is 24.5 Å². The highest BCUT2D eigenvalue weighted by molar-refractivity contribution is 6.33. The molecule has 3 amide bonds. The fraction of sp³-hybridized carbons (Fsp3) is 0.167. The van der Waals surface area contributed by atoms with Gasteiger partial charge in [-0.25, -0.2) is 0 Å². The second-order valence-corrected chi connectivity index (χ2v) is 6.51. The molecule has 1 aliphatic heterocycles. The van der Waals surface area contributed by atoms with Crippen LogP contribution in [0.25, 0.3) is 0 Å². The van der Waals surface area contributed by atoms with Crippen molar-refractivity contribution in [2.75, 3.05) is 11.4 Å². The van der Waals surface area contributed by atoms with E-state index in [2.05, 4.69) is 10.9 Å². The van der Waals surface area contributed by atoms with E-state index in [-0.39, 0.29) is 35.1 Å². The minimum absolute atomic E-state index is 0.0369. The number of halogens is 1. The predicted octanol–water partition coefficient (Wildman–Crippen LogP) is 2.06. The molecule has 144 valence electrons. The molecule has 2 N–H and O–H groups in total. The molecule has 0 bridgehead atoms. The molecule has 10 heteroatoms. The summed E-state index contributed by atoms with van der Waals surface area (Å²) in [7, 11) is 0. The standard InChI is InChI=1S/C18H15ClN4O5/c19-15-4-2-1-3-14(15)18(26)21-20-17(25)11-9-16(24)22(10-11)12-5-7-13(8-6-12)23(27)28/h1-8,11H,9-10H2,(H,20,25)(H,21,26)/t11-/m0/s1. The number of nitro groups is 1. The van der Waals surface area contributed by atoms with Crippen LogP contribution in [0.3, 0.4) is 0 Å². The molecule has 1 atom stereocenters. The van der Waals surface area contributed by atoms with Gasteiger partial charge in [-0.15, -0.1) is 0 Å². The monoisotopic (exact) mass is 402 g/mol. The molecule has 0 unspecified atom stereocenters. The molecule has 9 nitrogen and oxygen atoms in total. The first-order valence-corrected chi connectivity index (χ1v) is 8.64. The molecule has 0 saturated carbocycles. The lowest BCUT2D eigenvalue weighted by Crippen LogP contribution is -2.45. The molecule has 0 radical (unpaired) electrons. The first-order chi connectivity index (χ1) is 13.4. The van der Waals surface area contributed by atoms with Crippen LogP contribution in [0.15, 0.2) is 48.5 Å². The third-order valence-corrected chi connectivity index (χ3v) is 4.62. The number of amides is 3. The average Bonchev–Trinajstić information content (AvgIpc) is 3.08. The highest BCUT2D eigenvalue weighted by Crippen LogP contribution is 2.26. The second-order valence-electron chi connectivity index (χ2n) is 6.10. The lowest BCUT2D eigenvalue weighted by molar-refractivity contribution is -0.384. The van der Waals surface area contributed by atoms with Crippen LogP contribution in [0.2, 0.25) is 5.02 Å². The Morgan fingerprint density at radius 1 is 1.11 bits per heavy atom. The average molecular weight is 403 g/mol. The minimum atomic E-state index is -0.672. The number of hydrogen-bond acceptors (Lipinski definition) is 5. The zero-order chi connectivity index (χ0) is 20.3. The van der Waals surface area contributed by atoms with Crippen molar-refractivity contribution in [3.8, 4) is 0 Å². The van der Waals surface area contributed by atoms with Gasteiger partial charge in [-0.2, -0.15) is 0 Å². The highest BCUT2D eigenvalue weighted by atomic mass is 35.5. The molecule has 1 heterocycles. The van der Waals surface area contributed by atoms with Crippen molar-refractivity contribution in [1.29, 1.82) is 0 Å². The Balaban J connectivity index is 1.60. The quantitative estimate of drug-likeness (QED) is 0.598. The highest BCUT2D eigenvalue weighted by Gasteiger charge is 2.35. The molecule has 1 fully saturated rings. The maximum Gasteiger partial charge on any atom is 0.271 e. The van der Waals surface area contributed by atoms with E-state index in [1.165, 1.54) is 35.2 Å². The molecule has 28 heavy (non-hydrogen) atoms. The summed E-state index contributed by atoms with van der Waals surface area (Å²) in [5.41, 5.74) is 5.16. The number of benzene rings is 2. The van der Waals surface area contributed by atoms with Gasteiger partial charge in [-0.3, -0.25) is 35.3 Å². The first kappa shape index (κ1) is 19.3. The summed E-state index contributed by atoms with van der Waals surface area (Å²) in [6.07, 6.45) is -0.0369. The van der Waals surface area contributed by atoms with Gasteiger partial charge in [0.05, 0.1) is 21.4 Å². The first-order valence-electron chi connectivity index (χ1n) is 8.26. The van der Waals surface area contributed by atoms with Gasteiger partial charge in [-0.1, -0.05) is 23.7 Å². The Kier molecular flexibility index (Phi) is 5.55. The van der Waals surface area contributed by atoms with E-state index in [1.807, 2.05) is 0 Å². The molecule has 0 spiro atoms. The van der Waals surface area contributed by atoms with Gasteiger partial charge in [-0.05, 0) is 24.3 Å². The Morgan fingerprint density at radius 3 is 2.43 bits per heavy atom. The van der Waals surface area contributed by atoms with Crippen molar-refractivity contribution in [2.45, 2.75) is 6.42 Å². The smallest absolute Gasteiger partial charge is 0.271 e. The van der Waals surface area contributed by atoms with Gasteiger partial charge < -0.3 is 4.90 Å². The fourth-order valence-corrected chi connectivity index (χ4v) is 3.04. The molecule has 3 rings (SSSR count). The Bertz CT molecular complexity index is 947. The van der Waals surface area contributed by atoms with Crippen molar-refractivity contribution in [2.24, 2.45) is 5.92 Å². The van der Waals surface area contributed by atoms with Crippen molar-refractivity contribution >= 4 is 40.7 Å². The number of carbonyl (C=O) groups is 3. The lowest BCUT2D eigenvalue weighted by atomic mass is 10.1. The van der Waals surface area contributed by atoms with E-state index in [4.69, 9.17) is 11.6 Å². The number of hydrazine groups is 1. The van der Waals surface area contributed by atoms with Crippen molar-refractivity contribution in [1.82, 2.24) is 10.9 Å². The van der Waals surface area contributed by atoms with Gasteiger partial charge in [0.2, 0.25) is 11.8 Å². The van der Waals surface area contributed by atoms with Crippen molar-refractivity contribution in [3.05, 3.63) is 69.2 Å². The van der Waals surface area contributed by atoms with E-state index in [0.717, 1.165) is 0 Å². The largest absolute Gasteiger partial charge is 0.312 e. The number of carbonyl (C=O) groups excluding carboxylic acids is 3. The molecular weight excluding hydrogens is 388 g/mol. The van der Waals surface area contributed by atoms with Crippen LogP contribution in [0, 0.1) is 16.0 Å². The third kappa shape index (κ3) is 4.09. The summed E-state index contributed by atoms with van der Waals surface area (Å²) in [6.45, 7) is 0.102. The van der Waals surface area contributed by atoms with E-state index >= 15 is 0 Å². The van der Waals surface area contributed by atoms with Crippen LogP contribution >= 0.6 is 11.6 Å². The summed E-state index contributed by atoms with van der Waals surface area (Å²) in [4.78, 5) is 48.2. The normalized spacial score (nSPS) is 16.0. The lowest BCUT2D eigenvalue weighted by Gasteiger charge is -2.16.